The third-order valence-electron chi connectivity index (χ3n) is 9.32. The minimum atomic E-state index is 0.703. The molecule has 3 nitrogen and oxygen atoms in total. The normalized spacial score (nSPS) is 11.2. The zero-order chi connectivity index (χ0) is 33.3. The van der Waals surface area contributed by atoms with Gasteiger partial charge in [0.15, 0.2) is 5.82 Å². The average Bonchev–Trinajstić information content (AvgIpc) is 3.21. The number of para-hydroxylation sites is 1. The topological polar surface area (TPSA) is 38.7 Å². The Hall–Kier alpha value is -6.71. The summed E-state index contributed by atoms with van der Waals surface area (Å²) < 4.78 is 0. The Morgan fingerprint density at radius 1 is 0.300 bits per heavy atom. The summed E-state index contributed by atoms with van der Waals surface area (Å²) in [6, 6.07) is 63.8. The van der Waals surface area contributed by atoms with Crippen molar-refractivity contribution in [2.45, 2.75) is 0 Å². The Balaban J connectivity index is 1.11. The summed E-state index contributed by atoms with van der Waals surface area (Å²) in [4.78, 5) is 14.8. The van der Waals surface area contributed by atoms with Gasteiger partial charge in [0.05, 0.1) is 16.9 Å². The molecule has 0 saturated carbocycles. The summed E-state index contributed by atoms with van der Waals surface area (Å²) in [7, 11) is 0. The molecule has 50 heavy (non-hydrogen) atoms. The molecule has 9 aromatic rings. The Morgan fingerprint density at radius 2 is 0.760 bits per heavy atom. The first-order chi connectivity index (χ1) is 24.7. The Kier molecular flexibility index (Phi) is 7.49. The second kappa shape index (κ2) is 12.7. The van der Waals surface area contributed by atoms with Gasteiger partial charge in [-0.2, -0.15) is 0 Å². The molecule has 0 N–H and O–H groups in total. The van der Waals surface area contributed by atoms with Crippen LogP contribution in [0.5, 0.6) is 0 Å². The van der Waals surface area contributed by atoms with E-state index in [2.05, 4.69) is 138 Å². The van der Waals surface area contributed by atoms with Gasteiger partial charge < -0.3 is 0 Å². The smallest absolute Gasteiger partial charge is 0.160 e. The van der Waals surface area contributed by atoms with Gasteiger partial charge in [-0.25, -0.2) is 9.97 Å². The van der Waals surface area contributed by atoms with Crippen LogP contribution >= 0.6 is 0 Å². The molecular formula is C47H31N3. The monoisotopic (exact) mass is 637 g/mol. The first-order valence-corrected chi connectivity index (χ1v) is 16.8. The van der Waals surface area contributed by atoms with Crippen LogP contribution < -0.4 is 0 Å². The van der Waals surface area contributed by atoms with Crippen LogP contribution in [0.2, 0.25) is 0 Å². The van der Waals surface area contributed by atoms with E-state index >= 15 is 0 Å². The van der Waals surface area contributed by atoms with Gasteiger partial charge in [-0.1, -0.05) is 152 Å². The van der Waals surface area contributed by atoms with E-state index in [0.717, 1.165) is 55.7 Å². The van der Waals surface area contributed by atoms with Gasteiger partial charge in [0.1, 0.15) is 0 Å². The molecule has 0 atom stereocenters. The lowest BCUT2D eigenvalue weighted by Gasteiger charge is -2.14. The summed E-state index contributed by atoms with van der Waals surface area (Å²) >= 11 is 0. The van der Waals surface area contributed by atoms with Crippen molar-refractivity contribution in [3.05, 3.63) is 188 Å². The van der Waals surface area contributed by atoms with Gasteiger partial charge in [-0.3, -0.25) is 4.98 Å². The quantitative estimate of drug-likeness (QED) is 0.182. The molecule has 0 aliphatic heterocycles. The van der Waals surface area contributed by atoms with Gasteiger partial charge in [-0.05, 0) is 68.9 Å². The predicted octanol–water partition coefficient (Wildman–Crippen LogP) is 12.2. The SMILES string of the molecule is c1ccc(-c2cc(-c3ccccc3)nc(-c3ccc(-c4cc5ccccc5cc4-c4ccc(-c5cnc6ccccc6c5)cc4)cc3)n2)cc1. The van der Waals surface area contributed by atoms with Gasteiger partial charge in [-0.15, -0.1) is 0 Å². The molecular weight excluding hydrogens is 607 g/mol. The van der Waals surface area contributed by atoms with Crippen molar-refractivity contribution < 1.29 is 0 Å². The second-order valence-electron chi connectivity index (χ2n) is 12.5. The Bertz CT molecular complexity index is 2550. The van der Waals surface area contributed by atoms with Crippen molar-refractivity contribution in [3.63, 3.8) is 0 Å². The number of benzene rings is 7. The first-order valence-electron chi connectivity index (χ1n) is 16.8. The average molecular weight is 638 g/mol. The van der Waals surface area contributed by atoms with E-state index < -0.39 is 0 Å². The molecule has 0 aliphatic rings. The molecule has 0 spiro atoms. The maximum atomic E-state index is 5.04. The molecule has 0 radical (unpaired) electrons. The van der Waals surface area contributed by atoms with Crippen LogP contribution in [0, 0.1) is 0 Å². The summed E-state index contributed by atoms with van der Waals surface area (Å²) in [5.41, 5.74) is 12.8. The number of pyridine rings is 1. The maximum Gasteiger partial charge on any atom is 0.160 e. The van der Waals surface area contributed by atoms with Gasteiger partial charge in [0, 0.05) is 33.8 Å². The number of rotatable bonds is 6. The predicted molar refractivity (Wildman–Crippen MR) is 207 cm³/mol. The fraction of sp³-hybridized carbons (Fsp3) is 0. The van der Waals surface area contributed by atoms with Crippen molar-refractivity contribution in [1.82, 2.24) is 15.0 Å². The fourth-order valence-electron chi connectivity index (χ4n) is 6.68. The van der Waals surface area contributed by atoms with Crippen molar-refractivity contribution in [2.75, 3.05) is 0 Å². The van der Waals surface area contributed by atoms with E-state index in [9.17, 15) is 0 Å². The second-order valence-corrected chi connectivity index (χ2v) is 12.5. The third-order valence-corrected chi connectivity index (χ3v) is 9.32. The molecule has 0 unspecified atom stereocenters. The van der Waals surface area contributed by atoms with Gasteiger partial charge in [0.25, 0.3) is 0 Å². The largest absolute Gasteiger partial charge is 0.256 e. The van der Waals surface area contributed by atoms with Gasteiger partial charge >= 0.3 is 0 Å². The van der Waals surface area contributed by atoms with E-state index in [1.807, 2.05) is 54.7 Å². The van der Waals surface area contributed by atoms with Crippen molar-refractivity contribution in [1.29, 1.82) is 0 Å². The van der Waals surface area contributed by atoms with Crippen molar-refractivity contribution >= 4 is 21.7 Å². The minimum absolute atomic E-state index is 0.703. The number of fused-ring (bicyclic) bond motifs is 2. The zero-order valence-electron chi connectivity index (χ0n) is 27.2. The summed E-state index contributed by atoms with van der Waals surface area (Å²) in [5, 5.41) is 3.56. The standard InChI is InChI=1S/C47H31N3/c1-3-11-35(12-4-1)45-30-46(36-13-5-2-6-14-36)50-47(49-45)37-25-23-34(24-26-37)43-29-39-16-8-7-15-38(39)28-42(43)33-21-19-32(20-22-33)41-27-40-17-9-10-18-44(40)48-31-41/h1-31H. The maximum absolute atomic E-state index is 5.04. The zero-order valence-corrected chi connectivity index (χ0v) is 27.2. The number of nitrogens with zero attached hydrogens (tertiary/aromatic N) is 3. The molecule has 3 heteroatoms. The van der Waals surface area contributed by atoms with Crippen LogP contribution in [-0.4, -0.2) is 15.0 Å². The number of aromatic nitrogens is 3. The summed E-state index contributed by atoms with van der Waals surface area (Å²) in [6.07, 6.45) is 1.96. The van der Waals surface area contributed by atoms with E-state index in [1.54, 1.807) is 0 Å². The molecule has 9 rings (SSSR count). The molecule has 0 fully saturated rings. The lowest BCUT2D eigenvalue weighted by Crippen LogP contribution is -1.96. The number of hydrogen-bond acceptors (Lipinski definition) is 3. The van der Waals surface area contributed by atoms with Crippen LogP contribution in [0.15, 0.2) is 188 Å². The minimum Gasteiger partial charge on any atom is -0.256 e. The first kappa shape index (κ1) is 29.4. The van der Waals surface area contributed by atoms with Crippen molar-refractivity contribution in [3.8, 4) is 67.3 Å². The third kappa shape index (κ3) is 5.72. The number of hydrogen-bond donors (Lipinski definition) is 0. The lowest BCUT2D eigenvalue weighted by atomic mass is 9.90. The molecule has 2 heterocycles. The fourth-order valence-corrected chi connectivity index (χ4v) is 6.68. The van der Waals surface area contributed by atoms with E-state index in [1.165, 1.54) is 27.5 Å². The van der Waals surface area contributed by atoms with Crippen LogP contribution in [0.25, 0.3) is 89.0 Å². The molecule has 0 saturated heterocycles. The summed E-state index contributed by atoms with van der Waals surface area (Å²) in [6.45, 7) is 0. The summed E-state index contributed by atoms with van der Waals surface area (Å²) in [5.74, 6) is 0.703. The van der Waals surface area contributed by atoms with Crippen LogP contribution in [0.3, 0.4) is 0 Å². The van der Waals surface area contributed by atoms with Crippen LogP contribution in [0.4, 0.5) is 0 Å². The van der Waals surface area contributed by atoms with Gasteiger partial charge in [0.2, 0.25) is 0 Å². The highest BCUT2D eigenvalue weighted by Gasteiger charge is 2.14. The van der Waals surface area contributed by atoms with E-state index in [-0.39, 0.29) is 0 Å². The Morgan fingerprint density at radius 3 is 1.32 bits per heavy atom. The van der Waals surface area contributed by atoms with E-state index in [0.29, 0.717) is 5.82 Å². The highest BCUT2D eigenvalue weighted by molar-refractivity contribution is 5.97. The molecule has 7 aromatic carbocycles. The van der Waals surface area contributed by atoms with E-state index in [4.69, 9.17) is 9.97 Å². The lowest BCUT2D eigenvalue weighted by molar-refractivity contribution is 1.18. The van der Waals surface area contributed by atoms with Crippen molar-refractivity contribution in [2.24, 2.45) is 0 Å². The van der Waals surface area contributed by atoms with Crippen LogP contribution in [-0.2, 0) is 0 Å². The molecule has 2 aromatic heterocycles. The highest BCUT2D eigenvalue weighted by atomic mass is 14.9. The Labute approximate surface area is 291 Å². The molecule has 0 bridgehead atoms. The van der Waals surface area contributed by atoms with Crippen LogP contribution in [0.1, 0.15) is 0 Å². The molecule has 0 amide bonds. The molecule has 234 valence electrons. The highest BCUT2D eigenvalue weighted by Crippen LogP contribution is 2.38. The molecule has 0 aliphatic carbocycles.